The van der Waals surface area contributed by atoms with E-state index in [4.69, 9.17) is 23.7 Å². The molecule has 2 bridgehead atoms. The van der Waals surface area contributed by atoms with Crippen molar-refractivity contribution in [1.82, 2.24) is 0 Å². The molecule has 0 unspecified atom stereocenters. The Bertz CT molecular complexity index is 596. The minimum atomic E-state index is -2.02. The summed E-state index contributed by atoms with van der Waals surface area (Å²) in [7, 11) is 4.70. The Balaban J connectivity index is 2.39. The van der Waals surface area contributed by atoms with E-state index in [0.29, 0.717) is 6.42 Å². The van der Waals surface area contributed by atoms with Gasteiger partial charge in [-0.15, -0.1) is 0 Å². The summed E-state index contributed by atoms with van der Waals surface area (Å²) in [6.45, 7) is 5.58. The maximum absolute atomic E-state index is 12.7. The topological polar surface area (TPSA) is 104 Å². The van der Waals surface area contributed by atoms with Crippen molar-refractivity contribution < 1.29 is 38.7 Å². The number of hydrogen-bond acceptors (Lipinski definition) is 8. The second-order valence-corrected chi connectivity index (χ2v) is 8.80. The second-order valence-electron chi connectivity index (χ2n) is 8.80. The van der Waals surface area contributed by atoms with E-state index in [1.54, 1.807) is 21.1 Å². The molecular weight excluding hydrogens is 404 g/mol. The van der Waals surface area contributed by atoms with Crippen molar-refractivity contribution in [2.24, 2.45) is 17.8 Å². The summed E-state index contributed by atoms with van der Waals surface area (Å²) in [5.74, 6) is -4.14. The largest absolute Gasteiger partial charge is 0.465 e. The van der Waals surface area contributed by atoms with Crippen LogP contribution in [0.4, 0.5) is 0 Å². The Kier molecular flexibility index (Phi) is 9.92. The van der Waals surface area contributed by atoms with E-state index in [2.05, 4.69) is 0 Å². The molecule has 2 aliphatic rings. The Morgan fingerprint density at radius 1 is 1.03 bits per heavy atom. The molecule has 2 heterocycles. The molecular formula is C23H40O8. The van der Waals surface area contributed by atoms with Gasteiger partial charge in [0.2, 0.25) is 5.79 Å². The first-order chi connectivity index (χ1) is 14.7. The highest BCUT2D eigenvalue weighted by Gasteiger charge is 2.58. The molecule has 9 atom stereocenters. The quantitative estimate of drug-likeness (QED) is 0.504. The van der Waals surface area contributed by atoms with E-state index in [1.165, 1.54) is 7.11 Å². The van der Waals surface area contributed by atoms with Gasteiger partial charge >= 0.3 is 5.97 Å². The molecule has 31 heavy (non-hydrogen) atoms. The third-order valence-electron chi connectivity index (χ3n) is 6.77. The number of aliphatic hydroxyl groups excluding tert-OH is 1. The zero-order chi connectivity index (χ0) is 23.2. The van der Waals surface area contributed by atoms with Gasteiger partial charge in [0.25, 0.3) is 0 Å². The van der Waals surface area contributed by atoms with Crippen LogP contribution in [0.25, 0.3) is 0 Å². The fourth-order valence-corrected chi connectivity index (χ4v) is 4.61. The van der Waals surface area contributed by atoms with Gasteiger partial charge in [-0.25, -0.2) is 0 Å². The predicted octanol–water partition coefficient (Wildman–Crippen LogP) is 2.06. The van der Waals surface area contributed by atoms with Crippen molar-refractivity contribution >= 4 is 5.97 Å². The molecule has 0 radical (unpaired) electrons. The van der Waals surface area contributed by atoms with Crippen molar-refractivity contribution in [2.45, 2.75) is 82.8 Å². The smallest absolute Gasteiger partial charge is 0.314 e. The highest BCUT2D eigenvalue weighted by atomic mass is 16.7. The summed E-state index contributed by atoms with van der Waals surface area (Å²) in [4.78, 5) is 12.7. The highest BCUT2D eigenvalue weighted by molar-refractivity contribution is 5.73. The number of rotatable bonds is 3. The molecule has 180 valence electrons. The summed E-state index contributed by atoms with van der Waals surface area (Å²) in [5.41, 5.74) is 0. The average Bonchev–Trinajstić information content (AvgIpc) is 2.76. The Morgan fingerprint density at radius 3 is 2.35 bits per heavy atom. The fourth-order valence-electron chi connectivity index (χ4n) is 4.61. The molecule has 1 fully saturated rings. The van der Waals surface area contributed by atoms with Gasteiger partial charge in [0.15, 0.2) is 0 Å². The minimum Gasteiger partial charge on any atom is -0.465 e. The molecule has 0 aromatic rings. The van der Waals surface area contributed by atoms with Gasteiger partial charge in [0.05, 0.1) is 24.9 Å². The van der Waals surface area contributed by atoms with Gasteiger partial charge in [-0.1, -0.05) is 32.4 Å². The van der Waals surface area contributed by atoms with Gasteiger partial charge in [-0.05, 0) is 26.2 Å². The second kappa shape index (κ2) is 11.7. The first-order valence-corrected chi connectivity index (χ1v) is 11.2. The SMILES string of the molecule is CO[C@H]1CCCCCOC(=O)[C@@H](C)[C@@]2(O)O[C@H]([C@@H](C)[C@H](O)[C@H]2OC)[C@@H](C)/C=C\[C@H]1OC. The number of ether oxygens (including phenoxy) is 5. The first kappa shape index (κ1) is 26.2. The first-order valence-electron chi connectivity index (χ1n) is 11.2. The minimum absolute atomic E-state index is 0.103. The third-order valence-corrected chi connectivity index (χ3v) is 6.77. The average molecular weight is 445 g/mol. The van der Waals surface area contributed by atoms with Crippen LogP contribution in [0.15, 0.2) is 12.2 Å². The number of carbonyl (C=O) groups excluding carboxylic acids is 1. The number of methoxy groups -OCH3 is 3. The lowest BCUT2D eigenvalue weighted by Gasteiger charge is -2.51. The number of esters is 1. The van der Waals surface area contributed by atoms with Crippen LogP contribution in [0.5, 0.6) is 0 Å². The van der Waals surface area contributed by atoms with E-state index in [0.717, 1.165) is 19.3 Å². The van der Waals surface area contributed by atoms with Gasteiger partial charge in [0, 0.05) is 33.2 Å². The summed E-state index contributed by atoms with van der Waals surface area (Å²) in [5, 5.41) is 22.3. The molecule has 1 saturated heterocycles. The van der Waals surface area contributed by atoms with Crippen LogP contribution in [0, 0.1) is 17.8 Å². The Labute approximate surface area is 185 Å². The maximum atomic E-state index is 12.7. The van der Waals surface area contributed by atoms with Crippen molar-refractivity contribution in [2.75, 3.05) is 27.9 Å². The van der Waals surface area contributed by atoms with Gasteiger partial charge in [0.1, 0.15) is 18.1 Å². The van der Waals surface area contributed by atoms with Crippen molar-refractivity contribution in [3.63, 3.8) is 0 Å². The summed E-state index contributed by atoms with van der Waals surface area (Å²) in [6, 6.07) is 0. The molecule has 2 rings (SSSR count). The van der Waals surface area contributed by atoms with Crippen LogP contribution in [0.3, 0.4) is 0 Å². The van der Waals surface area contributed by atoms with Crippen LogP contribution in [0.1, 0.15) is 46.5 Å². The van der Waals surface area contributed by atoms with E-state index >= 15 is 0 Å². The zero-order valence-electron chi connectivity index (χ0n) is 19.7. The van der Waals surface area contributed by atoms with E-state index in [1.807, 2.05) is 26.0 Å². The van der Waals surface area contributed by atoms with Gasteiger partial charge in [-0.3, -0.25) is 4.79 Å². The molecule has 2 aliphatic heterocycles. The highest BCUT2D eigenvalue weighted by Crippen LogP contribution is 2.41. The number of carbonyl (C=O) groups is 1. The van der Waals surface area contributed by atoms with Gasteiger partial charge in [-0.2, -0.15) is 0 Å². The number of fused-ring (bicyclic) bond motifs is 2. The van der Waals surface area contributed by atoms with E-state index < -0.39 is 36.0 Å². The third kappa shape index (κ3) is 5.86. The molecule has 0 saturated carbocycles. The van der Waals surface area contributed by atoms with Crippen LogP contribution in [-0.4, -0.2) is 80.4 Å². The van der Waals surface area contributed by atoms with Crippen molar-refractivity contribution in [1.29, 1.82) is 0 Å². The molecule has 8 heteroatoms. The predicted molar refractivity (Wildman–Crippen MR) is 114 cm³/mol. The lowest BCUT2D eigenvalue weighted by atomic mass is 9.78. The number of cyclic esters (lactones) is 1. The Morgan fingerprint density at radius 2 is 1.74 bits per heavy atom. The van der Waals surface area contributed by atoms with Crippen LogP contribution in [0.2, 0.25) is 0 Å². The molecule has 0 spiro atoms. The monoisotopic (exact) mass is 444 g/mol. The lowest BCUT2D eigenvalue weighted by molar-refractivity contribution is -0.360. The normalized spacial score (nSPS) is 44.5. The molecule has 0 amide bonds. The molecule has 0 aliphatic carbocycles. The fraction of sp³-hybridized carbons (Fsp3) is 0.870. The van der Waals surface area contributed by atoms with E-state index in [9.17, 15) is 15.0 Å². The van der Waals surface area contributed by atoms with Crippen LogP contribution in [-0.2, 0) is 28.5 Å². The number of aliphatic hydroxyl groups is 2. The molecule has 8 nitrogen and oxygen atoms in total. The van der Waals surface area contributed by atoms with E-state index in [-0.39, 0.29) is 30.7 Å². The van der Waals surface area contributed by atoms with Crippen LogP contribution < -0.4 is 0 Å². The molecule has 0 aromatic heterocycles. The van der Waals surface area contributed by atoms with Crippen molar-refractivity contribution in [3.8, 4) is 0 Å². The maximum Gasteiger partial charge on any atom is 0.314 e. The lowest BCUT2D eigenvalue weighted by Crippen LogP contribution is -2.66. The zero-order valence-corrected chi connectivity index (χ0v) is 19.7. The van der Waals surface area contributed by atoms with Crippen molar-refractivity contribution in [3.05, 3.63) is 12.2 Å². The van der Waals surface area contributed by atoms with Gasteiger partial charge < -0.3 is 33.9 Å². The molecule has 2 N–H and O–H groups in total. The standard InChI is InChI=1S/C23H40O8/c1-14-11-12-18(28-5)17(27-4)10-8-7-9-13-30-22(25)16(3)23(26)21(29-6)19(24)15(2)20(14)31-23/h11-12,14-21,24,26H,7-10,13H2,1-6H3/b12-11-/t14-,15-,16+,17-,18+,19-,20-,21+,23+/m0/s1. The summed E-state index contributed by atoms with van der Waals surface area (Å²) >= 11 is 0. The Hall–Kier alpha value is -1.03. The number of hydrogen-bond donors (Lipinski definition) is 2. The summed E-state index contributed by atoms with van der Waals surface area (Å²) < 4.78 is 28.2. The summed E-state index contributed by atoms with van der Waals surface area (Å²) in [6.07, 6.45) is 4.23. The van der Waals surface area contributed by atoms with Crippen LogP contribution >= 0.6 is 0 Å². The molecule has 0 aromatic carbocycles.